The second-order valence-corrected chi connectivity index (χ2v) is 25.2. The van der Waals surface area contributed by atoms with Crippen molar-refractivity contribution in [2.24, 2.45) is 0 Å². The molecule has 0 rings (SSSR count). The Morgan fingerprint density at radius 3 is 0.0800 bits per heavy atom. The average molecular weight is 1640 g/mol. The first-order chi connectivity index (χ1) is 41.6. The maximum atomic E-state index is 9.53. The summed E-state index contributed by atoms with van der Waals surface area (Å²) in [6.07, 6.45) is -10.0. The molecule has 0 aliphatic rings. The molecule has 28 heteroatoms. The van der Waals surface area contributed by atoms with Crippen molar-refractivity contribution in [1.29, 1.82) is 0 Å². The van der Waals surface area contributed by atoms with Gasteiger partial charge in [0.05, 0.1) is 0 Å². The fourth-order valence-electron chi connectivity index (χ4n) is 0. The van der Waals surface area contributed by atoms with Crippen molar-refractivity contribution in [3.63, 3.8) is 0 Å². The van der Waals surface area contributed by atoms with E-state index < -0.39 is 146 Å². The van der Waals surface area contributed by atoms with Crippen LogP contribution in [0.3, 0.4) is 0 Å². The van der Waals surface area contributed by atoms with Gasteiger partial charge in [-0.25, -0.2) is 0 Å². The molecule has 0 spiro atoms. The molecule has 0 aliphatic carbocycles. The van der Waals surface area contributed by atoms with E-state index in [2.05, 4.69) is 0 Å². The Balaban J connectivity index is -0.0000000208. The summed E-state index contributed by atoms with van der Waals surface area (Å²) in [6, 6.07) is 0. The van der Waals surface area contributed by atoms with Gasteiger partial charge in [-0.05, 0) is 0 Å². The first-order valence-electron chi connectivity index (χ1n) is 33.4. The summed E-state index contributed by atoms with van der Waals surface area (Å²) in [4.78, 5) is 0. The van der Waals surface area contributed by atoms with Crippen LogP contribution in [0.2, 0.25) is 0 Å². The fourth-order valence-corrected chi connectivity index (χ4v) is 0. The van der Waals surface area contributed by atoms with Gasteiger partial charge >= 0.3 is 0 Å². The number of hydrogen-bond donors (Lipinski definition) is 0. The van der Waals surface area contributed by atoms with Crippen LogP contribution in [0.5, 0.6) is 0 Å². The van der Waals surface area contributed by atoms with E-state index in [1.165, 1.54) is 0 Å². The van der Waals surface area contributed by atoms with E-state index in [9.17, 15) is 123 Å². The van der Waals surface area contributed by atoms with Crippen LogP contribution in [0.1, 0.15) is 332 Å². The predicted octanol–water partition coefficient (Wildman–Crippen LogP) is -7.02. The van der Waals surface area contributed by atoms with Crippen molar-refractivity contribution in [1.82, 2.24) is 0 Å². The quantitative estimate of drug-likeness (QED) is 0.203. The molecule has 0 aromatic carbocycles. The summed E-state index contributed by atoms with van der Waals surface area (Å²) in [5.41, 5.74) is 0. The molecule has 0 heterocycles. The Kier molecular flexibility index (Phi) is 350. The normalized spacial score (nSPS) is 8.64. The molecule has 0 saturated carbocycles. The average Bonchev–Trinajstić information content (AvgIpc) is 3.12. The number of hydrogen-bond acceptors (Lipinski definition) is 24. The van der Waals surface area contributed by atoms with Crippen molar-refractivity contribution in [2.75, 3.05) is 0 Å². The minimum Gasteiger partial charge on any atom is -0.852 e. The van der Waals surface area contributed by atoms with Gasteiger partial charge < -0.3 is 123 Å². The van der Waals surface area contributed by atoms with Crippen LogP contribution < -0.4 is 123 Å². The molecular weight excluding hydrogens is 1470 g/mol. The summed E-state index contributed by atoms with van der Waals surface area (Å²) in [5.74, 6) is 0. The number of rotatable bonds is 0. The molecule has 0 aromatic heterocycles. The molecule has 24 nitrogen and oxygen atoms in total. The molecule has 0 amide bonds. The Labute approximate surface area is 684 Å². The standard InChI is InChI=1S/24C3H7O.3Al.La/c24*1-3(2)4;;;;/h24*3H,1-2H3;;;;/q24*-1;;;;. The molecular formula is C72H168Al3LaO24-24. The molecule has 0 bridgehead atoms. The van der Waals surface area contributed by atoms with Gasteiger partial charge in [0, 0.05) is 87.7 Å². The van der Waals surface area contributed by atoms with Gasteiger partial charge in [-0.15, -0.1) is 146 Å². The summed E-state index contributed by atoms with van der Waals surface area (Å²) in [7, 11) is 0. The van der Waals surface area contributed by atoms with E-state index >= 15 is 0 Å². The fraction of sp³-hybridized carbons (Fsp3) is 1.00. The third-order valence-corrected chi connectivity index (χ3v) is 0. The molecule has 0 saturated heterocycles. The molecule has 0 aliphatic heterocycles. The summed E-state index contributed by atoms with van der Waals surface area (Å²) in [5, 5.41) is 229. The van der Waals surface area contributed by atoms with E-state index in [1.807, 2.05) is 0 Å². The van der Waals surface area contributed by atoms with Crippen LogP contribution in [0.15, 0.2) is 0 Å². The van der Waals surface area contributed by atoms with Crippen molar-refractivity contribution in [2.45, 2.75) is 479 Å². The van der Waals surface area contributed by atoms with Crippen molar-refractivity contribution >= 4 is 52.1 Å². The zero-order chi connectivity index (χ0) is 85.9. The Bertz CT molecular complexity index is 550. The Hall–Kier alpha value is 1.83. The van der Waals surface area contributed by atoms with Gasteiger partial charge in [0.25, 0.3) is 0 Å². The molecule has 10 radical (unpaired) electrons. The molecule has 0 atom stereocenters. The van der Waals surface area contributed by atoms with Gasteiger partial charge in [0.1, 0.15) is 0 Å². The summed E-state index contributed by atoms with van der Waals surface area (Å²) in [6.45, 7) is 77.3. The molecule has 100 heavy (non-hydrogen) atoms. The van der Waals surface area contributed by atoms with Crippen LogP contribution >= 0.6 is 0 Å². The zero-order valence-corrected chi connectivity index (χ0v) is 81.1. The molecule has 0 fully saturated rings. The third-order valence-electron chi connectivity index (χ3n) is 0. The summed E-state index contributed by atoms with van der Waals surface area (Å²) >= 11 is 0. The van der Waals surface area contributed by atoms with Crippen molar-refractivity contribution < 1.29 is 158 Å². The molecule has 0 unspecified atom stereocenters. The third kappa shape index (κ3) is 290000. The topological polar surface area (TPSA) is 553 Å². The van der Waals surface area contributed by atoms with Crippen LogP contribution in [-0.4, -0.2) is 199 Å². The van der Waals surface area contributed by atoms with Gasteiger partial charge in [-0.3, -0.25) is 0 Å². The van der Waals surface area contributed by atoms with Crippen LogP contribution in [0.4, 0.5) is 0 Å². The monoisotopic (exact) mass is 1640 g/mol. The van der Waals surface area contributed by atoms with Crippen molar-refractivity contribution in [3.8, 4) is 0 Å². The van der Waals surface area contributed by atoms with E-state index in [0.29, 0.717) is 0 Å². The minimum absolute atomic E-state index is 0. The van der Waals surface area contributed by atoms with Crippen LogP contribution in [0, 0.1) is 35.6 Å². The van der Waals surface area contributed by atoms with E-state index in [1.54, 1.807) is 332 Å². The second-order valence-electron chi connectivity index (χ2n) is 25.2. The Morgan fingerprint density at radius 1 is 0.0800 bits per heavy atom. The van der Waals surface area contributed by atoms with Gasteiger partial charge in [-0.2, -0.15) is 0 Å². The van der Waals surface area contributed by atoms with Crippen LogP contribution in [-0.2, 0) is 0 Å². The zero-order valence-electron chi connectivity index (χ0n) is 74.0. The SMILES string of the molecule is CC(C)[O-].CC(C)[O-].CC(C)[O-].CC(C)[O-].CC(C)[O-].CC(C)[O-].CC(C)[O-].CC(C)[O-].CC(C)[O-].CC(C)[O-].CC(C)[O-].CC(C)[O-].CC(C)[O-].CC(C)[O-].CC(C)[O-].CC(C)[O-].CC(C)[O-].CC(C)[O-].CC(C)[O-].CC(C)[O-].CC(C)[O-].CC(C)[O-].CC(C)[O-].CC(C)[O-].[Al].[Al].[Al].[La]. The maximum Gasteiger partial charge on any atom is 0 e. The molecule has 0 aromatic rings. The van der Waals surface area contributed by atoms with E-state index in [4.69, 9.17) is 0 Å². The summed E-state index contributed by atoms with van der Waals surface area (Å²) < 4.78 is 0. The van der Waals surface area contributed by atoms with E-state index in [-0.39, 0.29) is 87.7 Å². The van der Waals surface area contributed by atoms with E-state index in [0.717, 1.165) is 0 Å². The van der Waals surface area contributed by atoms with Gasteiger partial charge in [0.15, 0.2) is 0 Å². The van der Waals surface area contributed by atoms with Crippen LogP contribution in [0.25, 0.3) is 0 Å². The maximum absolute atomic E-state index is 9.53. The smallest absolute Gasteiger partial charge is 0 e. The first-order valence-corrected chi connectivity index (χ1v) is 33.4. The second kappa shape index (κ2) is 184. The van der Waals surface area contributed by atoms with Crippen molar-refractivity contribution in [3.05, 3.63) is 0 Å². The molecule has 636 valence electrons. The predicted molar refractivity (Wildman–Crippen MR) is 381 cm³/mol. The largest absolute Gasteiger partial charge is 0.852 e. The van der Waals surface area contributed by atoms with Gasteiger partial charge in [0.2, 0.25) is 0 Å². The van der Waals surface area contributed by atoms with Gasteiger partial charge in [-0.1, -0.05) is 332 Å². The first kappa shape index (κ1) is 190. The minimum atomic E-state index is -0.417. The Morgan fingerprint density at radius 2 is 0.0800 bits per heavy atom. The molecule has 0 N–H and O–H groups in total.